The summed E-state index contributed by atoms with van der Waals surface area (Å²) in [6.07, 6.45) is 1.18. The van der Waals surface area contributed by atoms with E-state index >= 15 is 0 Å². The predicted octanol–water partition coefficient (Wildman–Crippen LogP) is 5.77. The van der Waals surface area contributed by atoms with Gasteiger partial charge in [0.15, 0.2) is 0 Å². The van der Waals surface area contributed by atoms with E-state index in [9.17, 15) is 13.2 Å². The van der Waals surface area contributed by atoms with E-state index in [1.807, 2.05) is 60.7 Å². The first kappa shape index (κ1) is 26.9. The highest BCUT2D eigenvalue weighted by molar-refractivity contribution is 7.92. The van der Waals surface area contributed by atoms with Crippen LogP contribution in [0.2, 0.25) is 0 Å². The summed E-state index contributed by atoms with van der Waals surface area (Å²) < 4.78 is 32.4. The van der Waals surface area contributed by atoms with E-state index in [2.05, 4.69) is 12.2 Å². The molecule has 0 aliphatic carbocycles. The highest BCUT2D eigenvalue weighted by atomic mass is 32.2. The van der Waals surface area contributed by atoms with Crippen molar-refractivity contribution >= 4 is 21.6 Å². The first-order chi connectivity index (χ1) is 18.3. The molecule has 0 unspecified atom stereocenters. The smallest absolute Gasteiger partial charge is 0.251 e. The van der Waals surface area contributed by atoms with Crippen LogP contribution in [0.3, 0.4) is 0 Å². The van der Waals surface area contributed by atoms with Crippen molar-refractivity contribution in [2.24, 2.45) is 0 Å². The van der Waals surface area contributed by atoms with Gasteiger partial charge in [0, 0.05) is 12.1 Å². The molecule has 4 aromatic carbocycles. The Morgan fingerprint density at radius 2 is 1.42 bits per heavy atom. The molecule has 196 valence electrons. The normalized spacial score (nSPS) is 11.9. The van der Waals surface area contributed by atoms with Gasteiger partial charge >= 0.3 is 0 Å². The van der Waals surface area contributed by atoms with E-state index in [1.54, 1.807) is 48.5 Å². The molecule has 1 atom stereocenters. The third-order valence-corrected chi connectivity index (χ3v) is 7.39. The minimum atomic E-state index is -3.54. The predicted molar refractivity (Wildman–Crippen MR) is 152 cm³/mol. The molecule has 4 rings (SSSR count). The molecule has 0 aliphatic rings. The van der Waals surface area contributed by atoms with Gasteiger partial charge in [0.2, 0.25) is 10.0 Å². The molecule has 1 amide bonds. The third-order valence-electron chi connectivity index (χ3n) is 6.25. The quantitative estimate of drug-likeness (QED) is 0.268. The van der Waals surface area contributed by atoms with Crippen LogP contribution in [0.25, 0.3) is 0 Å². The molecule has 0 bridgehead atoms. The molecular weight excluding hydrogens is 496 g/mol. The molecule has 0 heterocycles. The zero-order valence-corrected chi connectivity index (χ0v) is 22.4. The molecule has 38 heavy (non-hydrogen) atoms. The number of amides is 1. The van der Waals surface area contributed by atoms with Crippen LogP contribution >= 0.6 is 0 Å². The Hall–Kier alpha value is -4.10. The zero-order chi connectivity index (χ0) is 27.0. The standard InChI is InChI=1S/C31H32N2O4S/c1-24(27-11-7-4-8-12-27)21-32-31(34)28-15-13-25(14-16-28)22-33(38(2,35)36)29-17-19-30(20-18-29)37-23-26-9-5-3-6-10-26/h3-20,24H,21-23H2,1-2H3,(H,32,34)/t24-/m0/s1. The number of sulfonamides is 1. The number of ether oxygens (including phenoxy) is 1. The Balaban J connectivity index is 1.37. The number of nitrogens with one attached hydrogen (secondary N) is 1. The maximum Gasteiger partial charge on any atom is 0.251 e. The fourth-order valence-electron chi connectivity index (χ4n) is 4.02. The van der Waals surface area contributed by atoms with Gasteiger partial charge in [-0.3, -0.25) is 9.10 Å². The number of carbonyl (C=O) groups is 1. The zero-order valence-electron chi connectivity index (χ0n) is 21.6. The molecule has 0 radical (unpaired) electrons. The lowest BCUT2D eigenvalue weighted by atomic mass is 10.0. The van der Waals surface area contributed by atoms with E-state index in [0.717, 1.165) is 11.1 Å². The summed E-state index contributed by atoms with van der Waals surface area (Å²) >= 11 is 0. The van der Waals surface area contributed by atoms with E-state index in [1.165, 1.54) is 16.1 Å². The Bertz CT molecular complexity index is 1420. The summed E-state index contributed by atoms with van der Waals surface area (Å²) in [5, 5.41) is 2.98. The van der Waals surface area contributed by atoms with Gasteiger partial charge < -0.3 is 10.1 Å². The number of anilines is 1. The fourth-order valence-corrected chi connectivity index (χ4v) is 4.91. The van der Waals surface area contributed by atoms with E-state index in [4.69, 9.17) is 4.74 Å². The molecule has 6 nitrogen and oxygen atoms in total. The van der Waals surface area contributed by atoms with Crippen LogP contribution in [0.5, 0.6) is 5.75 Å². The summed E-state index contributed by atoms with van der Waals surface area (Å²) in [6.45, 7) is 3.18. The summed E-state index contributed by atoms with van der Waals surface area (Å²) in [5.41, 5.74) is 4.06. The second-order valence-corrected chi connectivity index (χ2v) is 11.2. The number of carbonyl (C=O) groups excluding carboxylic acids is 1. The highest BCUT2D eigenvalue weighted by Crippen LogP contribution is 2.24. The number of hydrogen-bond donors (Lipinski definition) is 1. The average molecular weight is 529 g/mol. The average Bonchev–Trinajstić information content (AvgIpc) is 2.94. The first-order valence-corrected chi connectivity index (χ1v) is 14.3. The molecule has 1 N–H and O–H groups in total. The van der Waals surface area contributed by atoms with Crippen molar-refractivity contribution in [3.63, 3.8) is 0 Å². The molecule has 0 fully saturated rings. The lowest BCUT2D eigenvalue weighted by molar-refractivity contribution is 0.0951. The van der Waals surface area contributed by atoms with E-state index < -0.39 is 10.0 Å². The summed E-state index contributed by atoms with van der Waals surface area (Å²) in [5.74, 6) is 0.686. The number of benzene rings is 4. The van der Waals surface area contributed by atoms with Crippen molar-refractivity contribution in [2.45, 2.75) is 26.0 Å². The van der Waals surface area contributed by atoms with Crippen LogP contribution in [0.15, 0.2) is 109 Å². The third kappa shape index (κ3) is 7.46. The maximum absolute atomic E-state index is 12.6. The molecule has 0 aromatic heterocycles. The number of hydrogen-bond acceptors (Lipinski definition) is 4. The van der Waals surface area contributed by atoms with Crippen LogP contribution in [0.4, 0.5) is 5.69 Å². The van der Waals surface area contributed by atoms with Gasteiger partial charge in [-0.1, -0.05) is 79.7 Å². The van der Waals surface area contributed by atoms with Crippen molar-refractivity contribution in [1.29, 1.82) is 0 Å². The van der Waals surface area contributed by atoms with Crippen LogP contribution in [0.1, 0.15) is 39.9 Å². The van der Waals surface area contributed by atoms with Gasteiger partial charge in [0.25, 0.3) is 5.91 Å². The topological polar surface area (TPSA) is 75.7 Å². The van der Waals surface area contributed by atoms with Crippen molar-refractivity contribution in [3.05, 3.63) is 131 Å². The second-order valence-electron chi connectivity index (χ2n) is 9.26. The minimum absolute atomic E-state index is 0.149. The number of rotatable bonds is 11. The largest absolute Gasteiger partial charge is 0.489 e. The van der Waals surface area contributed by atoms with Gasteiger partial charge in [-0.05, 0) is 59.0 Å². The molecule has 0 saturated heterocycles. The first-order valence-electron chi connectivity index (χ1n) is 12.5. The summed E-state index contributed by atoms with van der Waals surface area (Å²) in [4.78, 5) is 12.6. The molecule has 7 heteroatoms. The van der Waals surface area contributed by atoms with E-state index in [0.29, 0.717) is 30.2 Å². The molecule has 0 spiro atoms. The Kier molecular flexibility index (Phi) is 8.81. The van der Waals surface area contributed by atoms with Crippen molar-refractivity contribution in [1.82, 2.24) is 5.32 Å². The van der Waals surface area contributed by atoms with Crippen molar-refractivity contribution < 1.29 is 17.9 Å². The highest BCUT2D eigenvalue weighted by Gasteiger charge is 2.18. The SMILES string of the molecule is C[C@@H](CNC(=O)c1ccc(CN(c2ccc(OCc3ccccc3)cc2)S(C)(=O)=O)cc1)c1ccccc1. The molecule has 0 saturated carbocycles. The van der Waals surface area contributed by atoms with E-state index in [-0.39, 0.29) is 18.4 Å². The van der Waals surface area contributed by atoms with Crippen LogP contribution < -0.4 is 14.4 Å². The lowest BCUT2D eigenvalue weighted by Gasteiger charge is -2.23. The summed E-state index contributed by atoms with van der Waals surface area (Å²) in [6, 6.07) is 33.9. The molecule has 0 aliphatic heterocycles. The van der Waals surface area contributed by atoms with Crippen LogP contribution in [0, 0.1) is 0 Å². The Morgan fingerprint density at radius 1 is 0.816 bits per heavy atom. The Labute approximate surface area is 225 Å². The fraction of sp³-hybridized carbons (Fsp3) is 0.194. The lowest BCUT2D eigenvalue weighted by Crippen LogP contribution is -2.29. The maximum atomic E-state index is 12.6. The van der Waals surface area contributed by atoms with Gasteiger partial charge in [0.1, 0.15) is 12.4 Å². The minimum Gasteiger partial charge on any atom is -0.489 e. The summed E-state index contributed by atoms with van der Waals surface area (Å²) in [7, 11) is -3.54. The second kappa shape index (κ2) is 12.4. The molecule has 4 aromatic rings. The molecular formula is C31H32N2O4S. The van der Waals surface area contributed by atoms with Crippen LogP contribution in [-0.4, -0.2) is 27.1 Å². The van der Waals surface area contributed by atoms with Crippen molar-refractivity contribution in [3.8, 4) is 5.75 Å². The van der Waals surface area contributed by atoms with Crippen LogP contribution in [-0.2, 0) is 23.2 Å². The monoisotopic (exact) mass is 528 g/mol. The Morgan fingerprint density at radius 3 is 2.03 bits per heavy atom. The van der Waals surface area contributed by atoms with Gasteiger partial charge in [-0.25, -0.2) is 8.42 Å². The number of nitrogens with zero attached hydrogens (tertiary/aromatic N) is 1. The van der Waals surface area contributed by atoms with Gasteiger partial charge in [-0.15, -0.1) is 0 Å². The van der Waals surface area contributed by atoms with Gasteiger partial charge in [-0.2, -0.15) is 0 Å². The van der Waals surface area contributed by atoms with Crippen molar-refractivity contribution in [2.75, 3.05) is 17.1 Å². The van der Waals surface area contributed by atoms with Gasteiger partial charge in [0.05, 0.1) is 18.5 Å².